The minimum Gasteiger partial charge on any atom is -0.489 e. The van der Waals surface area contributed by atoms with Gasteiger partial charge in [0.15, 0.2) is 0 Å². The van der Waals surface area contributed by atoms with Crippen molar-refractivity contribution in [3.05, 3.63) is 30.7 Å². The first-order chi connectivity index (χ1) is 8.43. The zero-order chi connectivity index (χ0) is 11.5. The van der Waals surface area contributed by atoms with E-state index in [1.54, 1.807) is 12.5 Å². The van der Waals surface area contributed by atoms with E-state index in [0.717, 1.165) is 42.7 Å². The summed E-state index contributed by atoms with van der Waals surface area (Å²) in [4.78, 5) is 8.27. The summed E-state index contributed by atoms with van der Waals surface area (Å²) in [5, 5.41) is 0.974. The molecule has 0 aliphatic carbocycles. The van der Waals surface area contributed by atoms with Gasteiger partial charge in [-0.25, -0.2) is 9.97 Å². The van der Waals surface area contributed by atoms with E-state index in [1.165, 1.54) is 0 Å². The average Bonchev–Trinajstić information content (AvgIpc) is 2.40. The molecule has 0 spiro atoms. The molecule has 88 valence electrons. The molecule has 1 aromatic heterocycles. The van der Waals surface area contributed by atoms with Crippen LogP contribution in [0.15, 0.2) is 30.7 Å². The summed E-state index contributed by atoms with van der Waals surface area (Å²) < 4.78 is 11.3. The normalized spacial score (nSPS) is 17.2. The van der Waals surface area contributed by atoms with Gasteiger partial charge in [0.05, 0.1) is 24.1 Å². The van der Waals surface area contributed by atoms with E-state index in [1.807, 2.05) is 18.2 Å². The Morgan fingerprint density at radius 2 is 2.12 bits per heavy atom. The van der Waals surface area contributed by atoms with Gasteiger partial charge in [-0.15, -0.1) is 0 Å². The Hall–Kier alpha value is -1.68. The number of rotatable bonds is 2. The summed E-state index contributed by atoms with van der Waals surface area (Å²) in [5.41, 5.74) is 0.921. The highest BCUT2D eigenvalue weighted by Gasteiger charge is 2.16. The summed E-state index contributed by atoms with van der Waals surface area (Å²) in [6.45, 7) is 1.57. The topological polar surface area (TPSA) is 44.2 Å². The molecule has 0 saturated carbocycles. The molecule has 4 nitrogen and oxygen atoms in total. The lowest BCUT2D eigenvalue weighted by atomic mass is 10.1. The maximum atomic E-state index is 6.01. The Morgan fingerprint density at radius 1 is 1.24 bits per heavy atom. The lowest BCUT2D eigenvalue weighted by Crippen LogP contribution is -2.25. The fourth-order valence-electron chi connectivity index (χ4n) is 2.05. The first kappa shape index (κ1) is 10.5. The third kappa shape index (κ3) is 2.22. The third-order valence-electron chi connectivity index (χ3n) is 2.97. The average molecular weight is 230 g/mol. The quantitative estimate of drug-likeness (QED) is 0.793. The molecule has 0 atom stereocenters. The fraction of sp³-hybridized carbons (Fsp3) is 0.385. The first-order valence-corrected chi connectivity index (χ1v) is 5.86. The third-order valence-corrected chi connectivity index (χ3v) is 2.97. The molecular weight excluding hydrogens is 216 g/mol. The molecule has 2 aromatic rings. The Kier molecular flexibility index (Phi) is 2.88. The van der Waals surface area contributed by atoms with Crippen molar-refractivity contribution in [3.63, 3.8) is 0 Å². The van der Waals surface area contributed by atoms with Gasteiger partial charge in [-0.1, -0.05) is 6.07 Å². The van der Waals surface area contributed by atoms with Crippen molar-refractivity contribution < 1.29 is 9.47 Å². The number of hydrogen-bond donors (Lipinski definition) is 0. The van der Waals surface area contributed by atoms with Crippen LogP contribution in [0.5, 0.6) is 5.75 Å². The van der Waals surface area contributed by atoms with Crippen LogP contribution in [0.25, 0.3) is 10.9 Å². The van der Waals surface area contributed by atoms with E-state index in [4.69, 9.17) is 9.47 Å². The molecule has 1 aromatic carbocycles. The van der Waals surface area contributed by atoms with Crippen molar-refractivity contribution >= 4 is 10.9 Å². The molecule has 1 saturated heterocycles. The van der Waals surface area contributed by atoms with Gasteiger partial charge in [-0.05, 0) is 12.1 Å². The van der Waals surface area contributed by atoms with Crippen molar-refractivity contribution in [2.75, 3.05) is 13.2 Å². The van der Waals surface area contributed by atoms with Crippen LogP contribution in [0.2, 0.25) is 0 Å². The number of benzene rings is 1. The highest BCUT2D eigenvalue weighted by Crippen LogP contribution is 2.25. The van der Waals surface area contributed by atoms with Crippen molar-refractivity contribution in [2.24, 2.45) is 0 Å². The smallest absolute Gasteiger partial charge is 0.130 e. The second-order valence-electron chi connectivity index (χ2n) is 4.14. The molecule has 2 heterocycles. The summed E-state index contributed by atoms with van der Waals surface area (Å²) >= 11 is 0. The first-order valence-electron chi connectivity index (χ1n) is 5.86. The van der Waals surface area contributed by atoms with Gasteiger partial charge in [0, 0.05) is 19.0 Å². The van der Waals surface area contributed by atoms with Gasteiger partial charge >= 0.3 is 0 Å². The minimum atomic E-state index is 0.245. The van der Waals surface area contributed by atoms with E-state index >= 15 is 0 Å². The van der Waals surface area contributed by atoms with Crippen LogP contribution in [0, 0.1) is 0 Å². The molecule has 0 unspecified atom stereocenters. The van der Waals surface area contributed by atoms with Crippen molar-refractivity contribution in [1.82, 2.24) is 9.97 Å². The predicted octanol–water partition coefficient (Wildman–Crippen LogP) is 2.19. The van der Waals surface area contributed by atoms with E-state index in [-0.39, 0.29) is 6.10 Å². The second-order valence-corrected chi connectivity index (χ2v) is 4.14. The predicted molar refractivity (Wildman–Crippen MR) is 64.0 cm³/mol. The zero-order valence-corrected chi connectivity index (χ0v) is 9.50. The fourth-order valence-corrected chi connectivity index (χ4v) is 2.05. The SMILES string of the molecule is c1cc(OC2CCOCC2)c2cncnc2c1. The van der Waals surface area contributed by atoms with Crippen LogP contribution in [0.3, 0.4) is 0 Å². The number of nitrogens with zero attached hydrogens (tertiary/aromatic N) is 2. The lowest BCUT2D eigenvalue weighted by molar-refractivity contribution is 0.0262. The van der Waals surface area contributed by atoms with Crippen LogP contribution in [-0.4, -0.2) is 29.3 Å². The monoisotopic (exact) mass is 230 g/mol. The minimum absolute atomic E-state index is 0.245. The number of aromatic nitrogens is 2. The molecule has 1 aliphatic heterocycles. The summed E-state index contributed by atoms with van der Waals surface area (Å²) in [6, 6.07) is 5.90. The van der Waals surface area contributed by atoms with Crippen LogP contribution >= 0.6 is 0 Å². The summed E-state index contributed by atoms with van der Waals surface area (Å²) in [5.74, 6) is 0.870. The summed E-state index contributed by atoms with van der Waals surface area (Å²) in [6.07, 6.45) is 5.50. The Bertz CT molecular complexity index is 504. The van der Waals surface area contributed by atoms with Crippen LogP contribution < -0.4 is 4.74 Å². The van der Waals surface area contributed by atoms with Crippen molar-refractivity contribution in [2.45, 2.75) is 18.9 Å². The van der Waals surface area contributed by atoms with Crippen LogP contribution in [0.1, 0.15) is 12.8 Å². The molecule has 4 heteroatoms. The van der Waals surface area contributed by atoms with Crippen LogP contribution in [-0.2, 0) is 4.74 Å². The standard InChI is InChI=1S/C13H14N2O2/c1-2-12-11(8-14-9-15-12)13(3-1)17-10-4-6-16-7-5-10/h1-3,8-10H,4-7H2. The number of hydrogen-bond acceptors (Lipinski definition) is 4. The van der Waals surface area contributed by atoms with Crippen molar-refractivity contribution in [3.8, 4) is 5.75 Å². The van der Waals surface area contributed by atoms with E-state index < -0.39 is 0 Å². The molecule has 1 aliphatic rings. The van der Waals surface area contributed by atoms with Crippen LogP contribution in [0.4, 0.5) is 0 Å². The molecule has 0 bridgehead atoms. The summed E-state index contributed by atoms with van der Waals surface area (Å²) in [7, 11) is 0. The highest BCUT2D eigenvalue weighted by molar-refractivity contribution is 5.83. The van der Waals surface area contributed by atoms with Gasteiger partial charge in [-0.3, -0.25) is 0 Å². The molecule has 0 N–H and O–H groups in total. The molecule has 0 radical (unpaired) electrons. The molecule has 3 rings (SSSR count). The molecule has 17 heavy (non-hydrogen) atoms. The van der Waals surface area contributed by atoms with Gasteiger partial charge in [0.25, 0.3) is 0 Å². The van der Waals surface area contributed by atoms with Crippen molar-refractivity contribution in [1.29, 1.82) is 0 Å². The molecular formula is C13H14N2O2. The van der Waals surface area contributed by atoms with E-state index in [0.29, 0.717) is 0 Å². The number of ether oxygens (including phenoxy) is 2. The Morgan fingerprint density at radius 3 is 3.00 bits per heavy atom. The molecule has 1 fully saturated rings. The largest absolute Gasteiger partial charge is 0.489 e. The Balaban J connectivity index is 1.89. The van der Waals surface area contributed by atoms with E-state index in [9.17, 15) is 0 Å². The molecule has 0 amide bonds. The number of fused-ring (bicyclic) bond motifs is 1. The second kappa shape index (κ2) is 4.67. The van der Waals surface area contributed by atoms with E-state index in [2.05, 4.69) is 9.97 Å². The zero-order valence-electron chi connectivity index (χ0n) is 9.50. The van der Waals surface area contributed by atoms with Gasteiger partial charge < -0.3 is 9.47 Å². The Labute approximate surface area is 99.6 Å². The van der Waals surface area contributed by atoms with Gasteiger partial charge in [0.1, 0.15) is 18.2 Å². The van der Waals surface area contributed by atoms with Gasteiger partial charge in [0.2, 0.25) is 0 Å². The maximum Gasteiger partial charge on any atom is 0.130 e. The maximum absolute atomic E-state index is 6.01. The lowest BCUT2D eigenvalue weighted by Gasteiger charge is -2.23. The van der Waals surface area contributed by atoms with Gasteiger partial charge in [-0.2, -0.15) is 0 Å². The highest BCUT2D eigenvalue weighted by atomic mass is 16.5.